The molecule has 1 saturated heterocycles. The molecule has 2 aromatic rings. The molecule has 1 heterocycles. The Kier molecular flexibility index (Phi) is 5.93. The smallest absolute Gasteiger partial charge is 0.241 e. The van der Waals surface area contributed by atoms with Gasteiger partial charge in [0, 0.05) is 11.5 Å². The number of benzene rings is 2. The van der Waals surface area contributed by atoms with Gasteiger partial charge in [0.15, 0.2) is 0 Å². The van der Waals surface area contributed by atoms with Crippen LogP contribution in [0.2, 0.25) is 5.02 Å². The van der Waals surface area contributed by atoms with Gasteiger partial charge in [-0.2, -0.15) is 0 Å². The summed E-state index contributed by atoms with van der Waals surface area (Å²) in [5, 5.41) is 9.05. The topological polar surface area (TPSA) is 66.8 Å². The van der Waals surface area contributed by atoms with Crippen molar-refractivity contribution in [3.8, 4) is 5.75 Å². The number of halogens is 2. The van der Waals surface area contributed by atoms with Crippen molar-refractivity contribution in [1.29, 1.82) is 0 Å². The number of aliphatic hydroxyl groups excluding tert-OH is 1. The quantitative estimate of drug-likeness (QED) is 0.644. The van der Waals surface area contributed by atoms with Crippen LogP contribution in [0.15, 0.2) is 66.8 Å². The molecule has 1 N–H and O–H groups in total. The van der Waals surface area contributed by atoms with Gasteiger partial charge in [-0.25, -0.2) is 9.29 Å². The van der Waals surface area contributed by atoms with Crippen molar-refractivity contribution >= 4 is 29.1 Å². The highest BCUT2D eigenvalue weighted by atomic mass is 35.5. The first-order valence-corrected chi connectivity index (χ1v) is 10.7. The molecule has 4 rings (SSSR count). The summed E-state index contributed by atoms with van der Waals surface area (Å²) in [5.74, 6) is -1.93. The minimum atomic E-state index is -1.12. The summed E-state index contributed by atoms with van der Waals surface area (Å²) in [6, 6.07) is 11.1. The Morgan fingerprint density at radius 3 is 2.75 bits per heavy atom. The fraction of sp³-hybridized carbons (Fsp3) is 0.280. The molecular formula is C25H23ClFNO4. The number of fused-ring (bicyclic) bond motifs is 1. The first-order valence-electron chi connectivity index (χ1n) is 10.3. The maximum Gasteiger partial charge on any atom is 0.241 e. The molecule has 2 aliphatic rings. The zero-order chi connectivity index (χ0) is 23.0. The van der Waals surface area contributed by atoms with Gasteiger partial charge in [0.05, 0.1) is 28.6 Å². The number of carbonyl (C=O) groups excluding carboxylic acids is 2. The van der Waals surface area contributed by atoms with Crippen molar-refractivity contribution in [1.82, 2.24) is 0 Å². The van der Waals surface area contributed by atoms with E-state index in [9.17, 15) is 19.1 Å². The second kappa shape index (κ2) is 8.52. The number of hydrogen-bond donors (Lipinski definition) is 1. The van der Waals surface area contributed by atoms with Crippen molar-refractivity contribution in [3.63, 3.8) is 0 Å². The van der Waals surface area contributed by atoms with Crippen LogP contribution in [-0.2, 0) is 9.59 Å². The lowest BCUT2D eigenvalue weighted by atomic mass is 9.60. The molecule has 7 heteroatoms. The lowest BCUT2D eigenvalue weighted by Gasteiger charge is -2.40. The number of nitrogens with zero attached hydrogens (tertiary/aromatic N) is 1. The van der Waals surface area contributed by atoms with E-state index in [0.29, 0.717) is 12.2 Å². The molecule has 0 radical (unpaired) electrons. The Bertz CT molecular complexity index is 1130. The fourth-order valence-corrected chi connectivity index (χ4v) is 5.04. The molecular weight excluding hydrogens is 433 g/mol. The molecule has 0 spiro atoms. The average Bonchev–Trinajstić information content (AvgIpc) is 2.99. The summed E-state index contributed by atoms with van der Waals surface area (Å²) in [7, 11) is 0. The van der Waals surface area contributed by atoms with Crippen LogP contribution in [0.1, 0.15) is 24.8 Å². The molecule has 1 aliphatic carbocycles. The van der Waals surface area contributed by atoms with E-state index in [2.05, 4.69) is 6.58 Å². The second-order valence-corrected chi connectivity index (χ2v) is 8.51. The van der Waals surface area contributed by atoms with Crippen LogP contribution in [0.4, 0.5) is 10.1 Å². The second-order valence-electron chi connectivity index (χ2n) is 8.10. The summed E-state index contributed by atoms with van der Waals surface area (Å²) >= 11 is 5.93. The highest BCUT2D eigenvalue weighted by Gasteiger charge is 2.62. The van der Waals surface area contributed by atoms with E-state index in [0.717, 1.165) is 22.1 Å². The summed E-state index contributed by atoms with van der Waals surface area (Å²) in [6.45, 7) is 5.65. The van der Waals surface area contributed by atoms with Crippen molar-refractivity contribution < 1.29 is 23.8 Å². The molecule has 2 amide bonds. The van der Waals surface area contributed by atoms with Crippen molar-refractivity contribution in [2.24, 2.45) is 11.3 Å². The van der Waals surface area contributed by atoms with Gasteiger partial charge in [-0.3, -0.25) is 9.59 Å². The molecule has 0 bridgehead atoms. The van der Waals surface area contributed by atoms with E-state index < -0.39 is 23.1 Å². The van der Waals surface area contributed by atoms with Gasteiger partial charge in [0.25, 0.3) is 0 Å². The number of aliphatic hydroxyl groups is 1. The Hall–Kier alpha value is -2.96. The first-order chi connectivity index (χ1) is 15.3. The number of imide groups is 1. The summed E-state index contributed by atoms with van der Waals surface area (Å²) in [5.41, 5.74) is 0.684. The Morgan fingerprint density at radius 1 is 1.31 bits per heavy atom. The zero-order valence-electron chi connectivity index (χ0n) is 17.6. The molecule has 166 valence electrons. The number of anilines is 1. The Balaban J connectivity index is 1.85. The van der Waals surface area contributed by atoms with Crippen molar-refractivity contribution in [3.05, 3.63) is 83.2 Å². The minimum Gasteiger partial charge on any atom is -0.491 e. The standard InChI is InChI=1S/C25H23ClFNO4/c1-3-15-8-10-18-23(30)28(16-9-11-20(27)19(26)14-16)24(31)25(18,2)22(15)17-6-4-5-7-21(17)32-13-12-29/h3-9,11,14,18,22,29H,1,10,12-13H2,2H3. The number of amides is 2. The average molecular weight is 456 g/mol. The van der Waals surface area contributed by atoms with E-state index in [4.69, 9.17) is 16.3 Å². The van der Waals surface area contributed by atoms with Crippen LogP contribution >= 0.6 is 11.6 Å². The van der Waals surface area contributed by atoms with Gasteiger partial charge in [0.1, 0.15) is 18.2 Å². The molecule has 32 heavy (non-hydrogen) atoms. The zero-order valence-corrected chi connectivity index (χ0v) is 18.3. The van der Waals surface area contributed by atoms with Crippen LogP contribution in [0.5, 0.6) is 5.75 Å². The van der Waals surface area contributed by atoms with Gasteiger partial charge < -0.3 is 9.84 Å². The van der Waals surface area contributed by atoms with E-state index in [1.165, 1.54) is 12.1 Å². The summed E-state index contributed by atoms with van der Waals surface area (Å²) < 4.78 is 19.5. The summed E-state index contributed by atoms with van der Waals surface area (Å²) in [6.07, 6.45) is 4.01. The van der Waals surface area contributed by atoms with E-state index >= 15 is 0 Å². The van der Waals surface area contributed by atoms with Crippen LogP contribution in [0.3, 0.4) is 0 Å². The Morgan fingerprint density at radius 2 is 2.06 bits per heavy atom. The third-order valence-corrected chi connectivity index (χ3v) is 6.69. The van der Waals surface area contributed by atoms with Crippen LogP contribution in [0.25, 0.3) is 0 Å². The fourth-order valence-electron chi connectivity index (χ4n) is 4.87. The highest BCUT2D eigenvalue weighted by molar-refractivity contribution is 6.31. The van der Waals surface area contributed by atoms with E-state index in [1.54, 1.807) is 19.1 Å². The number of para-hydroxylation sites is 1. The molecule has 1 fully saturated rings. The number of allylic oxidation sites excluding steroid dienone is 3. The first kappa shape index (κ1) is 22.2. The predicted octanol–water partition coefficient (Wildman–Crippen LogP) is 4.65. The SMILES string of the molecule is C=CC1=CCC2C(=O)N(c3ccc(F)c(Cl)c3)C(=O)C2(C)C1c1ccccc1OCCO. The molecule has 3 unspecified atom stereocenters. The maximum absolute atomic E-state index is 13.9. The Labute approximate surface area is 190 Å². The molecule has 0 saturated carbocycles. The monoisotopic (exact) mass is 455 g/mol. The largest absolute Gasteiger partial charge is 0.491 e. The molecule has 2 aromatic carbocycles. The van der Waals surface area contributed by atoms with Gasteiger partial charge in [-0.1, -0.05) is 48.5 Å². The van der Waals surface area contributed by atoms with Crippen molar-refractivity contribution in [2.45, 2.75) is 19.3 Å². The summed E-state index contributed by atoms with van der Waals surface area (Å²) in [4.78, 5) is 28.4. The lowest BCUT2D eigenvalue weighted by Crippen LogP contribution is -2.41. The van der Waals surface area contributed by atoms with Crippen molar-refractivity contribution in [2.75, 3.05) is 18.1 Å². The van der Waals surface area contributed by atoms with E-state index in [-0.39, 0.29) is 35.7 Å². The van der Waals surface area contributed by atoms with E-state index in [1.807, 2.05) is 24.3 Å². The highest BCUT2D eigenvalue weighted by Crippen LogP contribution is 2.58. The van der Waals surface area contributed by atoms with Gasteiger partial charge in [-0.15, -0.1) is 0 Å². The number of rotatable bonds is 6. The normalized spacial score (nSPS) is 24.9. The third-order valence-electron chi connectivity index (χ3n) is 6.40. The third kappa shape index (κ3) is 3.34. The molecule has 0 aromatic heterocycles. The lowest BCUT2D eigenvalue weighted by molar-refractivity contribution is -0.127. The number of ether oxygens (including phenoxy) is 1. The van der Waals surface area contributed by atoms with Gasteiger partial charge in [0.2, 0.25) is 11.8 Å². The number of carbonyl (C=O) groups is 2. The van der Waals surface area contributed by atoms with Gasteiger partial charge >= 0.3 is 0 Å². The van der Waals surface area contributed by atoms with Crippen LogP contribution < -0.4 is 9.64 Å². The van der Waals surface area contributed by atoms with Crippen LogP contribution in [0, 0.1) is 17.2 Å². The molecule has 5 nitrogen and oxygen atoms in total. The molecule has 1 aliphatic heterocycles. The minimum absolute atomic E-state index is 0.101. The number of hydrogen-bond acceptors (Lipinski definition) is 4. The maximum atomic E-state index is 13.9. The molecule has 3 atom stereocenters. The van der Waals surface area contributed by atoms with Gasteiger partial charge in [-0.05, 0) is 43.2 Å². The predicted molar refractivity (Wildman–Crippen MR) is 120 cm³/mol. The van der Waals surface area contributed by atoms with Crippen LogP contribution in [-0.4, -0.2) is 30.1 Å².